The fourth-order valence-corrected chi connectivity index (χ4v) is 2.21. The Morgan fingerprint density at radius 3 is 2.87 bits per heavy atom. The van der Waals surface area contributed by atoms with Gasteiger partial charge >= 0.3 is 0 Å². The number of benzene rings is 2. The molecule has 0 fully saturated rings. The summed E-state index contributed by atoms with van der Waals surface area (Å²) >= 11 is 3.38. The zero-order chi connectivity index (χ0) is 16.7. The molecular weight excluding hydrogens is 363 g/mol. The molecule has 0 radical (unpaired) electrons. The lowest BCUT2D eigenvalue weighted by Gasteiger charge is -2.08. The highest BCUT2D eigenvalue weighted by Crippen LogP contribution is 2.22. The first-order valence-corrected chi connectivity index (χ1v) is 7.91. The molecule has 2 aromatic rings. The van der Waals surface area contributed by atoms with Gasteiger partial charge in [0.1, 0.15) is 11.6 Å². The molecule has 2 rings (SSSR count). The molecule has 0 aliphatic rings. The molecule has 0 saturated carbocycles. The van der Waals surface area contributed by atoms with E-state index in [1.54, 1.807) is 6.07 Å². The Kier molecular flexibility index (Phi) is 6.29. The van der Waals surface area contributed by atoms with Gasteiger partial charge in [-0.25, -0.2) is 9.82 Å². The summed E-state index contributed by atoms with van der Waals surface area (Å²) in [4.78, 5) is 11.9. The van der Waals surface area contributed by atoms with E-state index >= 15 is 0 Å². The summed E-state index contributed by atoms with van der Waals surface area (Å²) in [5, 5.41) is 3.88. The van der Waals surface area contributed by atoms with E-state index in [9.17, 15) is 9.18 Å². The van der Waals surface area contributed by atoms with Crippen molar-refractivity contribution in [2.24, 2.45) is 5.10 Å². The van der Waals surface area contributed by atoms with Crippen molar-refractivity contribution >= 4 is 28.1 Å². The number of carbonyl (C=O) groups is 1. The van der Waals surface area contributed by atoms with Crippen LogP contribution < -0.4 is 10.2 Å². The molecule has 0 bridgehead atoms. The van der Waals surface area contributed by atoms with E-state index in [2.05, 4.69) is 26.5 Å². The van der Waals surface area contributed by atoms with E-state index in [0.29, 0.717) is 17.9 Å². The van der Waals surface area contributed by atoms with Crippen LogP contribution in [0.25, 0.3) is 0 Å². The van der Waals surface area contributed by atoms with E-state index in [1.165, 1.54) is 24.4 Å². The first-order valence-electron chi connectivity index (χ1n) is 7.12. The topological polar surface area (TPSA) is 50.7 Å². The number of carbonyl (C=O) groups excluding carboxylic acids is 1. The standard InChI is InChI=1S/C17H16BrFN2O2/c1-2-9-23-16-8-7-13(18)10-12(16)11-20-21-17(22)14-5-3-4-6-15(14)19/h3-8,10-11H,2,9H2,1H3,(H,21,22)/b20-11+. The molecule has 1 amide bonds. The van der Waals surface area contributed by atoms with Crippen LogP contribution in [0.5, 0.6) is 5.75 Å². The minimum atomic E-state index is -0.606. The maximum atomic E-state index is 13.5. The fourth-order valence-electron chi connectivity index (χ4n) is 1.83. The smallest absolute Gasteiger partial charge is 0.274 e. The van der Waals surface area contributed by atoms with Gasteiger partial charge in [-0.1, -0.05) is 35.0 Å². The average Bonchev–Trinajstić information content (AvgIpc) is 2.54. The van der Waals surface area contributed by atoms with Crippen LogP contribution in [0.4, 0.5) is 4.39 Å². The Balaban J connectivity index is 2.09. The molecule has 0 spiro atoms. The minimum Gasteiger partial charge on any atom is -0.493 e. The number of ether oxygens (including phenoxy) is 1. The summed E-state index contributed by atoms with van der Waals surface area (Å²) < 4.78 is 20.0. The summed E-state index contributed by atoms with van der Waals surface area (Å²) in [5.41, 5.74) is 2.97. The number of amides is 1. The monoisotopic (exact) mass is 378 g/mol. The molecule has 0 unspecified atom stereocenters. The lowest BCUT2D eigenvalue weighted by Crippen LogP contribution is -2.19. The number of hydrogen-bond acceptors (Lipinski definition) is 3. The second-order valence-corrected chi connectivity index (χ2v) is 5.63. The lowest BCUT2D eigenvalue weighted by molar-refractivity contribution is 0.0951. The Bertz CT molecular complexity index is 719. The number of nitrogens with one attached hydrogen (secondary N) is 1. The van der Waals surface area contributed by atoms with Crippen molar-refractivity contribution < 1.29 is 13.9 Å². The highest BCUT2D eigenvalue weighted by Gasteiger charge is 2.09. The SMILES string of the molecule is CCCOc1ccc(Br)cc1/C=N/NC(=O)c1ccccc1F. The second-order valence-electron chi connectivity index (χ2n) is 4.71. The van der Waals surface area contributed by atoms with Crippen LogP contribution in [-0.2, 0) is 0 Å². The normalized spacial score (nSPS) is 10.7. The number of hydrogen-bond donors (Lipinski definition) is 1. The number of hydrazone groups is 1. The van der Waals surface area contributed by atoms with Gasteiger partial charge < -0.3 is 4.74 Å². The van der Waals surface area contributed by atoms with Gasteiger partial charge in [-0.3, -0.25) is 4.79 Å². The lowest BCUT2D eigenvalue weighted by atomic mass is 10.2. The van der Waals surface area contributed by atoms with Crippen molar-refractivity contribution in [3.63, 3.8) is 0 Å². The van der Waals surface area contributed by atoms with Crippen molar-refractivity contribution in [1.82, 2.24) is 5.43 Å². The second kappa shape index (κ2) is 8.43. The molecule has 120 valence electrons. The van der Waals surface area contributed by atoms with E-state index in [1.807, 2.05) is 25.1 Å². The van der Waals surface area contributed by atoms with Crippen molar-refractivity contribution in [3.05, 3.63) is 63.9 Å². The third kappa shape index (κ3) is 4.89. The molecule has 0 saturated heterocycles. The van der Waals surface area contributed by atoms with Gasteiger partial charge in [0.05, 0.1) is 18.4 Å². The molecule has 2 aromatic carbocycles. The number of rotatable bonds is 6. The van der Waals surface area contributed by atoms with Gasteiger partial charge in [0.25, 0.3) is 5.91 Å². The predicted octanol–water partition coefficient (Wildman–Crippen LogP) is 4.14. The van der Waals surface area contributed by atoms with Gasteiger partial charge in [0.15, 0.2) is 0 Å². The van der Waals surface area contributed by atoms with Gasteiger partial charge in [-0.05, 0) is 36.8 Å². The quantitative estimate of drug-likeness (QED) is 0.606. The Morgan fingerprint density at radius 1 is 1.35 bits per heavy atom. The summed E-state index contributed by atoms with van der Waals surface area (Å²) in [6.07, 6.45) is 2.35. The Morgan fingerprint density at radius 2 is 2.13 bits per heavy atom. The van der Waals surface area contributed by atoms with Crippen LogP contribution in [0.2, 0.25) is 0 Å². The van der Waals surface area contributed by atoms with E-state index < -0.39 is 11.7 Å². The zero-order valence-corrected chi connectivity index (χ0v) is 14.1. The van der Waals surface area contributed by atoms with Crippen LogP contribution in [0, 0.1) is 5.82 Å². The first-order chi connectivity index (χ1) is 11.1. The number of halogens is 2. The zero-order valence-electron chi connectivity index (χ0n) is 12.6. The van der Waals surface area contributed by atoms with Crippen LogP contribution in [-0.4, -0.2) is 18.7 Å². The summed E-state index contributed by atoms with van der Waals surface area (Å²) in [5.74, 6) is -0.529. The molecule has 4 nitrogen and oxygen atoms in total. The number of nitrogens with zero attached hydrogens (tertiary/aromatic N) is 1. The molecule has 0 aliphatic carbocycles. The molecule has 0 atom stereocenters. The van der Waals surface area contributed by atoms with Crippen LogP contribution in [0.3, 0.4) is 0 Å². The van der Waals surface area contributed by atoms with Crippen LogP contribution in [0.1, 0.15) is 29.3 Å². The minimum absolute atomic E-state index is 0.0543. The van der Waals surface area contributed by atoms with E-state index in [4.69, 9.17) is 4.74 Å². The van der Waals surface area contributed by atoms with Crippen molar-refractivity contribution in [3.8, 4) is 5.75 Å². The molecule has 1 N–H and O–H groups in total. The predicted molar refractivity (Wildman–Crippen MR) is 91.4 cm³/mol. The summed E-state index contributed by atoms with van der Waals surface area (Å²) in [6, 6.07) is 11.2. The van der Waals surface area contributed by atoms with Gasteiger partial charge in [0, 0.05) is 10.0 Å². The van der Waals surface area contributed by atoms with Crippen molar-refractivity contribution in [2.75, 3.05) is 6.61 Å². The van der Waals surface area contributed by atoms with E-state index in [0.717, 1.165) is 10.9 Å². The van der Waals surface area contributed by atoms with Crippen LogP contribution in [0.15, 0.2) is 52.0 Å². The molecule has 0 aromatic heterocycles. The molecular formula is C17H16BrFN2O2. The largest absolute Gasteiger partial charge is 0.493 e. The maximum absolute atomic E-state index is 13.5. The highest BCUT2D eigenvalue weighted by molar-refractivity contribution is 9.10. The molecule has 0 aliphatic heterocycles. The van der Waals surface area contributed by atoms with Gasteiger partial charge in [-0.2, -0.15) is 5.10 Å². The summed E-state index contributed by atoms with van der Waals surface area (Å²) in [6.45, 7) is 2.60. The van der Waals surface area contributed by atoms with E-state index in [-0.39, 0.29) is 5.56 Å². The van der Waals surface area contributed by atoms with Gasteiger partial charge in [0.2, 0.25) is 0 Å². The van der Waals surface area contributed by atoms with Gasteiger partial charge in [-0.15, -0.1) is 0 Å². The first kappa shape index (κ1) is 17.1. The molecule has 6 heteroatoms. The highest BCUT2D eigenvalue weighted by atomic mass is 79.9. The molecule has 0 heterocycles. The fraction of sp³-hybridized carbons (Fsp3) is 0.176. The Labute approximate surface area is 142 Å². The van der Waals surface area contributed by atoms with Crippen molar-refractivity contribution in [1.29, 1.82) is 0 Å². The Hall–Kier alpha value is -2.21. The van der Waals surface area contributed by atoms with Crippen LogP contribution >= 0.6 is 15.9 Å². The van der Waals surface area contributed by atoms with Crippen molar-refractivity contribution in [2.45, 2.75) is 13.3 Å². The summed E-state index contributed by atoms with van der Waals surface area (Å²) in [7, 11) is 0. The molecule has 23 heavy (non-hydrogen) atoms. The maximum Gasteiger partial charge on any atom is 0.274 e. The third-order valence-electron chi connectivity index (χ3n) is 2.92. The average molecular weight is 379 g/mol. The third-order valence-corrected chi connectivity index (χ3v) is 3.41.